The van der Waals surface area contributed by atoms with Gasteiger partial charge in [0.15, 0.2) is 0 Å². The highest BCUT2D eigenvalue weighted by Gasteiger charge is 2.28. The monoisotopic (exact) mass is 288 g/mol. The van der Waals surface area contributed by atoms with Gasteiger partial charge in [-0.3, -0.25) is 4.90 Å². The SMILES string of the molecule is COc1ccc(CN2CCCC(C3CCCN3)C2)cc1C. The fraction of sp³-hybridized carbons (Fsp3) is 0.667. The molecule has 2 heterocycles. The van der Waals surface area contributed by atoms with Crippen LogP contribution in [-0.4, -0.2) is 37.7 Å². The summed E-state index contributed by atoms with van der Waals surface area (Å²) in [7, 11) is 1.74. The second-order valence-corrected chi connectivity index (χ2v) is 6.64. The highest BCUT2D eigenvalue weighted by Crippen LogP contribution is 2.26. The molecule has 2 aliphatic rings. The zero-order valence-electron chi connectivity index (χ0n) is 13.4. The van der Waals surface area contributed by atoms with Crippen LogP contribution in [0.25, 0.3) is 0 Å². The average molecular weight is 288 g/mol. The summed E-state index contributed by atoms with van der Waals surface area (Å²) in [5.74, 6) is 1.84. The molecule has 0 bridgehead atoms. The summed E-state index contributed by atoms with van der Waals surface area (Å²) in [6.07, 6.45) is 5.48. The molecule has 0 radical (unpaired) electrons. The summed E-state index contributed by atoms with van der Waals surface area (Å²) in [5, 5.41) is 3.69. The molecule has 0 aliphatic carbocycles. The number of hydrogen-bond donors (Lipinski definition) is 1. The van der Waals surface area contributed by atoms with Gasteiger partial charge in [-0.2, -0.15) is 0 Å². The van der Waals surface area contributed by atoms with Gasteiger partial charge in [0.1, 0.15) is 5.75 Å². The number of ether oxygens (including phenoxy) is 1. The topological polar surface area (TPSA) is 24.5 Å². The lowest BCUT2D eigenvalue weighted by Gasteiger charge is -2.36. The van der Waals surface area contributed by atoms with E-state index in [0.717, 1.165) is 24.3 Å². The van der Waals surface area contributed by atoms with Crippen molar-refractivity contribution in [3.8, 4) is 5.75 Å². The first-order valence-electron chi connectivity index (χ1n) is 8.35. The van der Waals surface area contributed by atoms with E-state index in [4.69, 9.17) is 4.74 Å². The Bertz CT molecular complexity index is 468. The maximum Gasteiger partial charge on any atom is 0.121 e. The Morgan fingerprint density at radius 2 is 2.19 bits per heavy atom. The highest BCUT2D eigenvalue weighted by atomic mass is 16.5. The summed E-state index contributed by atoms with van der Waals surface area (Å²) < 4.78 is 5.35. The third kappa shape index (κ3) is 3.58. The fourth-order valence-corrected chi connectivity index (χ4v) is 3.97. The van der Waals surface area contributed by atoms with E-state index in [-0.39, 0.29) is 0 Å². The van der Waals surface area contributed by atoms with E-state index in [1.807, 2.05) is 0 Å². The number of piperidine rings is 1. The predicted octanol–water partition coefficient (Wildman–Crippen LogP) is 2.97. The number of nitrogens with zero attached hydrogens (tertiary/aromatic N) is 1. The molecule has 2 fully saturated rings. The Labute approximate surface area is 128 Å². The van der Waals surface area contributed by atoms with Crippen molar-refractivity contribution in [3.63, 3.8) is 0 Å². The summed E-state index contributed by atoms with van der Waals surface area (Å²) in [4.78, 5) is 2.63. The minimum atomic E-state index is 0.769. The first kappa shape index (κ1) is 14.9. The normalized spacial score (nSPS) is 27.0. The summed E-state index contributed by atoms with van der Waals surface area (Å²) >= 11 is 0. The Morgan fingerprint density at radius 1 is 1.29 bits per heavy atom. The Balaban J connectivity index is 1.60. The van der Waals surface area contributed by atoms with E-state index < -0.39 is 0 Å². The van der Waals surface area contributed by atoms with Gasteiger partial charge < -0.3 is 10.1 Å². The first-order chi connectivity index (χ1) is 10.3. The van der Waals surface area contributed by atoms with Crippen LogP contribution in [0.5, 0.6) is 5.75 Å². The van der Waals surface area contributed by atoms with Gasteiger partial charge in [-0.25, -0.2) is 0 Å². The van der Waals surface area contributed by atoms with Crippen LogP contribution in [-0.2, 0) is 6.54 Å². The lowest BCUT2D eigenvalue weighted by Crippen LogP contribution is -2.43. The molecular formula is C18H28N2O. The van der Waals surface area contributed by atoms with Gasteiger partial charge >= 0.3 is 0 Å². The Hall–Kier alpha value is -1.06. The smallest absolute Gasteiger partial charge is 0.121 e. The van der Waals surface area contributed by atoms with Crippen LogP contribution in [0.1, 0.15) is 36.8 Å². The van der Waals surface area contributed by atoms with Crippen LogP contribution in [0.2, 0.25) is 0 Å². The zero-order chi connectivity index (χ0) is 14.7. The van der Waals surface area contributed by atoms with Gasteiger partial charge in [0.25, 0.3) is 0 Å². The number of aryl methyl sites for hydroxylation is 1. The maximum absolute atomic E-state index is 5.35. The molecule has 2 aliphatic heterocycles. The molecule has 3 nitrogen and oxygen atoms in total. The molecule has 2 unspecified atom stereocenters. The van der Waals surface area contributed by atoms with Crippen molar-refractivity contribution < 1.29 is 4.74 Å². The number of benzene rings is 1. The minimum absolute atomic E-state index is 0.769. The van der Waals surface area contributed by atoms with Gasteiger partial charge in [0, 0.05) is 19.1 Å². The third-order valence-corrected chi connectivity index (χ3v) is 5.07. The number of rotatable bonds is 4. The van der Waals surface area contributed by atoms with Gasteiger partial charge in [-0.05, 0) is 68.8 Å². The third-order valence-electron chi connectivity index (χ3n) is 5.07. The van der Waals surface area contributed by atoms with Crippen LogP contribution in [0.4, 0.5) is 0 Å². The molecular weight excluding hydrogens is 260 g/mol. The molecule has 0 saturated carbocycles. The van der Waals surface area contributed by atoms with Crippen molar-refractivity contribution in [2.24, 2.45) is 5.92 Å². The van der Waals surface area contributed by atoms with Gasteiger partial charge in [0.05, 0.1) is 7.11 Å². The van der Waals surface area contributed by atoms with E-state index in [1.165, 1.54) is 56.4 Å². The van der Waals surface area contributed by atoms with E-state index in [2.05, 4.69) is 35.3 Å². The molecule has 1 aromatic carbocycles. The van der Waals surface area contributed by atoms with Crippen molar-refractivity contribution in [2.75, 3.05) is 26.7 Å². The molecule has 3 heteroatoms. The lowest BCUT2D eigenvalue weighted by molar-refractivity contribution is 0.145. The first-order valence-corrected chi connectivity index (χ1v) is 8.35. The second-order valence-electron chi connectivity index (χ2n) is 6.64. The Morgan fingerprint density at radius 3 is 2.90 bits per heavy atom. The van der Waals surface area contributed by atoms with Crippen molar-refractivity contribution in [2.45, 2.75) is 45.2 Å². The molecule has 116 valence electrons. The predicted molar refractivity (Wildman–Crippen MR) is 86.8 cm³/mol. The molecule has 3 rings (SSSR count). The van der Waals surface area contributed by atoms with Crippen LogP contribution >= 0.6 is 0 Å². The van der Waals surface area contributed by atoms with Gasteiger partial charge in [0.2, 0.25) is 0 Å². The average Bonchev–Trinajstić information content (AvgIpc) is 3.02. The van der Waals surface area contributed by atoms with Crippen molar-refractivity contribution >= 4 is 0 Å². The molecule has 0 aromatic heterocycles. The van der Waals surface area contributed by atoms with Gasteiger partial charge in [-0.15, -0.1) is 0 Å². The quantitative estimate of drug-likeness (QED) is 0.922. The van der Waals surface area contributed by atoms with Crippen molar-refractivity contribution in [1.29, 1.82) is 0 Å². The standard InChI is InChI=1S/C18H28N2O/c1-14-11-15(7-8-18(14)21-2)12-20-10-4-5-16(13-20)17-6-3-9-19-17/h7-8,11,16-17,19H,3-6,9-10,12-13H2,1-2H3. The second kappa shape index (κ2) is 6.80. The maximum atomic E-state index is 5.35. The van der Waals surface area contributed by atoms with Crippen LogP contribution in [0.3, 0.4) is 0 Å². The van der Waals surface area contributed by atoms with E-state index in [9.17, 15) is 0 Å². The summed E-state index contributed by atoms with van der Waals surface area (Å²) in [6, 6.07) is 7.36. The number of methoxy groups -OCH3 is 1. The van der Waals surface area contributed by atoms with Crippen LogP contribution in [0.15, 0.2) is 18.2 Å². The molecule has 2 saturated heterocycles. The highest BCUT2D eigenvalue weighted by molar-refractivity contribution is 5.36. The largest absolute Gasteiger partial charge is 0.496 e. The van der Waals surface area contributed by atoms with Crippen LogP contribution < -0.4 is 10.1 Å². The summed E-state index contributed by atoms with van der Waals surface area (Å²) in [6.45, 7) is 6.92. The van der Waals surface area contributed by atoms with E-state index >= 15 is 0 Å². The number of likely N-dealkylation sites (tertiary alicyclic amines) is 1. The molecule has 0 spiro atoms. The van der Waals surface area contributed by atoms with E-state index in [1.54, 1.807) is 7.11 Å². The number of hydrogen-bond acceptors (Lipinski definition) is 3. The zero-order valence-corrected chi connectivity index (χ0v) is 13.4. The minimum Gasteiger partial charge on any atom is -0.496 e. The molecule has 2 atom stereocenters. The summed E-state index contributed by atoms with van der Waals surface area (Å²) in [5.41, 5.74) is 2.65. The molecule has 21 heavy (non-hydrogen) atoms. The van der Waals surface area contributed by atoms with E-state index in [0.29, 0.717) is 0 Å². The molecule has 1 aromatic rings. The Kier molecular flexibility index (Phi) is 4.81. The lowest BCUT2D eigenvalue weighted by atomic mass is 9.89. The number of nitrogens with one attached hydrogen (secondary N) is 1. The van der Waals surface area contributed by atoms with Gasteiger partial charge in [-0.1, -0.05) is 12.1 Å². The molecule has 1 N–H and O–H groups in total. The van der Waals surface area contributed by atoms with Crippen LogP contribution in [0, 0.1) is 12.8 Å². The fourth-order valence-electron chi connectivity index (χ4n) is 3.97. The van der Waals surface area contributed by atoms with Crippen molar-refractivity contribution in [3.05, 3.63) is 29.3 Å². The van der Waals surface area contributed by atoms with Crippen molar-refractivity contribution in [1.82, 2.24) is 10.2 Å². The molecule has 0 amide bonds.